The highest BCUT2D eigenvalue weighted by Crippen LogP contribution is 2.40. The quantitative estimate of drug-likeness (QED) is 0.244. The molecular formula is C33H24N4O5S. The molecule has 1 N–H and O–H groups in total. The van der Waals surface area contributed by atoms with Crippen LogP contribution in [0.25, 0.3) is 33.1 Å². The molecule has 7 rings (SSSR count). The van der Waals surface area contributed by atoms with E-state index in [1.165, 1.54) is 24.5 Å². The first kappa shape index (κ1) is 26.6. The number of aromatic amines is 1. The van der Waals surface area contributed by atoms with Gasteiger partial charge in [0, 0.05) is 40.5 Å². The fourth-order valence-corrected chi connectivity index (χ4v) is 6.76. The maximum absolute atomic E-state index is 14.1. The molecule has 1 aliphatic heterocycles. The van der Waals surface area contributed by atoms with Gasteiger partial charge < -0.3 is 9.72 Å². The largest absolute Gasteiger partial charge is 0.356 e. The summed E-state index contributed by atoms with van der Waals surface area (Å²) in [6.07, 6.45) is 4.70. The summed E-state index contributed by atoms with van der Waals surface area (Å²) in [6.45, 7) is -0.0750. The van der Waals surface area contributed by atoms with Crippen molar-refractivity contribution in [2.24, 2.45) is 0 Å². The molecule has 0 saturated heterocycles. The lowest BCUT2D eigenvalue weighted by molar-refractivity contribution is -0.142. The van der Waals surface area contributed by atoms with Crippen molar-refractivity contribution in [2.45, 2.75) is 11.5 Å². The maximum atomic E-state index is 14.1. The van der Waals surface area contributed by atoms with Crippen LogP contribution < -0.4 is 0 Å². The monoisotopic (exact) mass is 588 g/mol. The Kier molecular flexibility index (Phi) is 6.49. The van der Waals surface area contributed by atoms with Gasteiger partial charge in [-0.3, -0.25) is 9.59 Å². The molecule has 0 aliphatic carbocycles. The Hall–Kier alpha value is -5.32. The van der Waals surface area contributed by atoms with Crippen molar-refractivity contribution in [1.29, 1.82) is 0 Å². The van der Waals surface area contributed by atoms with E-state index < -0.39 is 21.8 Å². The number of hydrogen-bond acceptors (Lipinski definition) is 6. The Morgan fingerprint density at radius 3 is 2.30 bits per heavy atom. The van der Waals surface area contributed by atoms with Crippen molar-refractivity contribution in [3.8, 4) is 0 Å². The van der Waals surface area contributed by atoms with Crippen molar-refractivity contribution in [1.82, 2.24) is 18.8 Å². The first-order valence-corrected chi connectivity index (χ1v) is 14.9. The van der Waals surface area contributed by atoms with Gasteiger partial charge in [0.2, 0.25) is 0 Å². The zero-order chi connectivity index (χ0) is 29.6. The number of imide groups is 1. The van der Waals surface area contributed by atoms with Crippen LogP contribution in [0.2, 0.25) is 0 Å². The Balaban J connectivity index is 1.38. The molecule has 3 aromatic heterocycles. The van der Waals surface area contributed by atoms with Gasteiger partial charge in [-0.2, -0.15) is 0 Å². The van der Waals surface area contributed by atoms with Crippen LogP contribution in [0, 0.1) is 0 Å². The molecule has 9 nitrogen and oxygen atoms in total. The maximum Gasteiger partial charge on any atom is 0.268 e. The first-order chi connectivity index (χ1) is 20.9. The lowest BCUT2D eigenvalue weighted by Gasteiger charge is -2.15. The van der Waals surface area contributed by atoms with E-state index in [0.717, 1.165) is 19.8 Å². The van der Waals surface area contributed by atoms with Gasteiger partial charge in [0.15, 0.2) is 0 Å². The molecule has 0 radical (unpaired) electrons. The van der Waals surface area contributed by atoms with Crippen LogP contribution >= 0.6 is 0 Å². The second kappa shape index (κ2) is 10.5. The molecule has 6 aromatic rings. The van der Waals surface area contributed by atoms with Gasteiger partial charge in [0.05, 0.1) is 28.2 Å². The van der Waals surface area contributed by atoms with Crippen LogP contribution in [0.5, 0.6) is 0 Å². The number of nitrogens with one attached hydrogen (secondary N) is 1. The second-order valence-electron chi connectivity index (χ2n) is 10.1. The molecule has 0 atom stereocenters. The van der Waals surface area contributed by atoms with E-state index in [1.807, 2.05) is 36.4 Å². The van der Waals surface area contributed by atoms with Crippen LogP contribution in [0.15, 0.2) is 121 Å². The summed E-state index contributed by atoms with van der Waals surface area (Å²) in [5.41, 5.74) is 2.89. The summed E-state index contributed by atoms with van der Waals surface area (Å²) in [5, 5.41) is 1.27. The highest BCUT2D eigenvalue weighted by molar-refractivity contribution is 7.90. The van der Waals surface area contributed by atoms with E-state index in [9.17, 15) is 18.0 Å². The molecule has 0 spiro atoms. The Labute approximate surface area is 246 Å². The fraction of sp³-hybridized carbons (Fsp3) is 0.0606. The van der Waals surface area contributed by atoms with Crippen molar-refractivity contribution >= 4 is 54.9 Å². The minimum absolute atomic E-state index is 0.0863. The molecule has 0 fully saturated rings. The third-order valence-electron chi connectivity index (χ3n) is 7.44. The summed E-state index contributed by atoms with van der Waals surface area (Å²) in [5.74, 6) is -1.13. The highest BCUT2D eigenvalue weighted by atomic mass is 32.2. The summed E-state index contributed by atoms with van der Waals surface area (Å²) < 4.78 is 34.5. The van der Waals surface area contributed by atoms with E-state index in [0.29, 0.717) is 27.7 Å². The van der Waals surface area contributed by atoms with E-state index >= 15 is 0 Å². The SMILES string of the molecule is O=C1C(c2cnc3[nH]ccc3c2)=C(c2cn(S(=O)(=O)c3ccccc3)c3ccccc23)C(=O)N1COCc1ccccc1. The lowest BCUT2D eigenvalue weighted by atomic mass is 9.96. The van der Waals surface area contributed by atoms with Crippen LogP contribution in [0.1, 0.15) is 16.7 Å². The zero-order valence-corrected chi connectivity index (χ0v) is 23.5. The Morgan fingerprint density at radius 1 is 0.814 bits per heavy atom. The highest BCUT2D eigenvalue weighted by Gasteiger charge is 2.41. The molecule has 212 valence electrons. The molecule has 43 heavy (non-hydrogen) atoms. The van der Waals surface area contributed by atoms with Gasteiger partial charge in [-0.25, -0.2) is 22.3 Å². The number of carbonyl (C=O) groups excluding carboxylic acids is 2. The number of fused-ring (bicyclic) bond motifs is 2. The van der Waals surface area contributed by atoms with Gasteiger partial charge >= 0.3 is 0 Å². The number of H-pyrrole nitrogens is 1. The van der Waals surface area contributed by atoms with Crippen molar-refractivity contribution in [3.63, 3.8) is 0 Å². The first-order valence-electron chi connectivity index (χ1n) is 13.5. The van der Waals surface area contributed by atoms with Crippen LogP contribution in [-0.2, 0) is 31.0 Å². The topological polar surface area (TPSA) is 114 Å². The molecule has 3 aromatic carbocycles. The summed E-state index contributed by atoms with van der Waals surface area (Å²) in [4.78, 5) is 36.7. The number of amides is 2. The number of pyridine rings is 1. The number of hydrogen-bond donors (Lipinski definition) is 1. The minimum Gasteiger partial charge on any atom is -0.356 e. The Bertz CT molecular complexity index is 2170. The average molecular weight is 589 g/mol. The van der Waals surface area contributed by atoms with E-state index in [2.05, 4.69) is 9.97 Å². The van der Waals surface area contributed by atoms with Gasteiger partial charge in [-0.15, -0.1) is 0 Å². The molecule has 1 aliphatic rings. The van der Waals surface area contributed by atoms with Gasteiger partial charge in [-0.05, 0) is 35.9 Å². The molecule has 10 heteroatoms. The fourth-order valence-electron chi connectivity index (χ4n) is 5.37. The van der Waals surface area contributed by atoms with Crippen LogP contribution in [0.4, 0.5) is 0 Å². The van der Waals surface area contributed by atoms with E-state index in [-0.39, 0.29) is 29.4 Å². The predicted octanol–water partition coefficient (Wildman–Crippen LogP) is 5.21. The van der Waals surface area contributed by atoms with Crippen molar-refractivity contribution in [2.75, 3.05) is 6.73 Å². The zero-order valence-electron chi connectivity index (χ0n) is 22.7. The number of nitrogens with zero attached hydrogens (tertiary/aromatic N) is 3. The van der Waals surface area contributed by atoms with Crippen molar-refractivity contribution in [3.05, 3.63) is 132 Å². The average Bonchev–Trinajstić information content (AvgIpc) is 3.73. The molecule has 2 amide bonds. The predicted molar refractivity (Wildman–Crippen MR) is 162 cm³/mol. The van der Waals surface area contributed by atoms with Gasteiger partial charge in [-0.1, -0.05) is 66.7 Å². The summed E-state index contributed by atoms with van der Waals surface area (Å²) >= 11 is 0. The van der Waals surface area contributed by atoms with Gasteiger partial charge in [0.1, 0.15) is 12.4 Å². The number of ether oxygens (including phenoxy) is 1. The summed E-state index contributed by atoms with van der Waals surface area (Å²) in [7, 11) is -4.02. The number of rotatable bonds is 8. The molecule has 4 heterocycles. The normalized spacial score (nSPS) is 14.0. The molecule has 0 unspecified atom stereocenters. The second-order valence-corrected chi connectivity index (χ2v) is 11.9. The number of carbonyl (C=O) groups is 2. The number of aromatic nitrogens is 3. The smallest absolute Gasteiger partial charge is 0.268 e. The molecule has 0 saturated carbocycles. The van der Waals surface area contributed by atoms with E-state index in [4.69, 9.17) is 4.74 Å². The lowest BCUT2D eigenvalue weighted by Crippen LogP contribution is -2.33. The minimum atomic E-state index is -4.02. The van der Waals surface area contributed by atoms with Crippen LogP contribution in [0.3, 0.4) is 0 Å². The summed E-state index contributed by atoms with van der Waals surface area (Å²) in [6, 6.07) is 28.0. The number of benzene rings is 3. The standard InChI is InChI=1S/C33H24N4O5S/c38-32-29(24-17-23-15-16-34-31(23)35-18-24)30(33(39)36(32)21-42-20-22-9-3-1-4-10-22)27-19-37(28-14-8-7-13-26(27)28)43(40,41)25-11-5-2-6-12-25/h1-19H,20-21H2,(H,34,35). The Morgan fingerprint density at radius 2 is 1.51 bits per heavy atom. The third-order valence-corrected chi connectivity index (χ3v) is 9.12. The third kappa shape index (κ3) is 4.53. The molecular weight excluding hydrogens is 564 g/mol. The van der Waals surface area contributed by atoms with Crippen molar-refractivity contribution < 1.29 is 22.7 Å². The molecule has 0 bridgehead atoms. The van der Waals surface area contributed by atoms with Crippen LogP contribution in [-0.4, -0.2) is 45.8 Å². The van der Waals surface area contributed by atoms with E-state index in [1.54, 1.807) is 54.7 Å². The van der Waals surface area contributed by atoms with Gasteiger partial charge in [0.25, 0.3) is 21.8 Å². The number of para-hydroxylation sites is 1.